The summed E-state index contributed by atoms with van der Waals surface area (Å²) in [6.07, 6.45) is 5.51. The van der Waals surface area contributed by atoms with Crippen molar-refractivity contribution in [2.75, 3.05) is 0 Å². The molecule has 0 radical (unpaired) electrons. The van der Waals surface area contributed by atoms with E-state index in [2.05, 4.69) is 9.97 Å². The maximum atomic E-state index is 13.5. The normalized spacial score (nSPS) is 14.2. The minimum absolute atomic E-state index is 0.0000592. The molecule has 7 heteroatoms. The Morgan fingerprint density at radius 2 is 1.97 bits per heavy atom. The van der Waals surface area contributed by atoms with Gasteiger partial charge in [-0.3, -0.25) is 19.1 Å². The molecule has 144 valence electrons. The van der Waals surface area contributed by atoms with Crippen LogP contribution in [0.4, 0.5) is 0 Å². The molecule has 0 unspecified atom stereocenters. The summed E-state index contributed by atoms with van der Waals surface area (Å²) in [6.45, 7) is 0. The molecule has 1 aliphatic carbocycles. The summed E-state index contributed by atoms with van der Waals surface area (Å²) in [5, 5.41) is 0.0000592. The molecule has 0 spiro atoms. The van der Waals surface area contributed by atoms with Crippen LogP contribution in [-0.4, -0.2) is 25.8 Å². The highest BCUT2D eigenvalue weighted by molar-refractivity contribution is 5.88. The summed E-state index contributed by atoms with van der Waals surface area (Å²) < 4.78 is 1.56. The second-order valence-corrected chi connectivity index (χ2v) is 7.36. The summed E-state index contributed by atoms with van der Waals surface area (Å²) in [5.41, 5.74) is 1.47. The number of H-pyrrole nitrogens is 1. The second kappa shape index (κ2) is 6.77. The highest BCUT2D eigenvalue weighted by atomic mass is 16.1. The minimum atomic E-state index is -0.450. The first-order chi connectivity index (χ1) is 14.2. The van der Waals surface area contributed by atoms with Crippen molar-refractivity contribution in [2.24, 2.45) is 0 Å². The van der Waals surface area contributed by atoms with Crippen LogP contribution >= 0.6 is 0 Å². The van der Waals surface area contributed by atoms with E-state index in [0.717, 1.165) is 25.5 Å². The molecule has 7 nitrogen and oxygen atoms in total. The van der Waals surface area contributed by atoms with Crippen molar-refractivity contribution >= 4 is 28.4 Å². The van der Waals surface area contributed by atoms with Gasteiger partial charge in [-0.15, -0.1) is 0 Å². The fourth-order valence-corrected chi connectivity index (χ4v) is 3.84. The number of benzene rings is 1. The fraction of sp³-hybridized carbons (Fsp3) is 0.227. The van der Waals surface area contributed by atoms with Crippen LogP contribution in [0.5, 0.6) is 0 Å². The Kier molecular flexibility index (Phi) is 4.08. The lowest BCUT2D eigenvalue weighted by Gasteiger charge is -2.27. The van der Waals surface area contributed by atoms with Gasteiger partial charge in [0.15, 0.2) is 0 Å². The second-order valence-electron chi connectivity index (χ2n) is 7.36. The molecule has 0 atom stereocenters. The number of nitrogens with zero attached hydrogens (tertiary/aromatic N) is 3. The van der Waals surface area contributed by atoms with E-state index in [1.165, 1.54) is 6.20 Å². The first kappa shape index (κ1) is 17.5. The quantitative estimate of drug-likeness (QED) is 0.429. The monoisotopic (exact) mass is 386 g/mol. The Labute approximate surface area is 165 Å². The van der Waals surface area contributed by atoms with Gasteiger partial charge in [0, 0.05) is 18.5 Å². The molecule has 0 aliphatic heterocycles. The first-order valence-corrected chi connectivity index (χ1v) is 9.64. The number of pyridine rings is 2. The molecule has 1 N–H and O–H groups in total. The molecule has 3 heterocycles. The molecule has 3 aromatic heterocycles. The van der Waals surface area contributed by atoms with Crippen LogP contribution < -0.4 is 11.0 Å². The Morgan fingerprint density at radius 1 is 1.17 bits per heavy atom. The maximum Gasteiger partial charge on any atom is 0.271 e. The largest absolute Gasteiger partial charge is 0.337 e. The lowest BCUT2D eigenvalue weighted by atomic mass is 9.84. The molecule has 4 aromatic rings. The number of hydrogen-bond acceptors (Lipinski definition) is 5. The summed E-state index contributed by atoms with van der Waals surface area (Å²) in [6, 6.07) is 11.0. The molecule has 1 aromatic carbocycles. The van der Waals surface area contributed by atoms with Gasteiger partial charge in [-0.25, -0.2) is 4.98 Å². The summed E-state index contributed by atoms with van der Waals surface area (Å²) in [4.78, 5) is 49.4. The van der Waals surface area contributed by atoms with E-state index < -0.39 is 5.43 Å². The molecule has 5 rings (SSSR count). The first-order valence-electron chi connectivity index (χ1n) is 9.64. The fourth-order valence-electron chi connectivity index (χ4n) is 3.84. The average molecular weight is 386 g/mol. The summed E-state index contributed by atoms with van der Waals surface area (Å²) in [5.74, 6) is 0.859. The van der Waals surface area contributed by atoms with Gasteiger partial charge in [-0.2, -0.15) is 0 Å². The number of carbonyl (C=O) groups is 1. The molecule has 0 amide bonds. The highest BCUT2D eigenvalue weighted by Crippen LogP contribution is 2.36. The molecule has 1 aliphatic rings. The number of fused-ring (bicyclic) bond motifs is 2. The van der Waals surface area contributed by atoms with Gasteiger partial charge in [0.1, 0.15) is 28.7 Å². The third-order valence-electron chi connectivity index (χ3n) is 5.55. The Morgan fingerprint density at radius 3 is 2.66 bits per heavy atom. The third kappa shape index (κ3) is 2.77. The van der Waals surface area contributed by atoms with E-state index in [1.54, 1.807) is 10.6 Å². The van der Waals surface area contributed by atoms with Crippen LogP contribution in [0.15, 0.2) is 52.2 Å². The van der Waals surface area contributed by atoms with Crippen LogP contribution in [0.3, 0.4) is 0 Å². The average Bonchev–Trinajstić information content (AvgIpc) is 2.67. The molecule has 1 fully saturated rings. The van der Waals surface area contributed by atoms with Crippen LogP contribution in [0, 0.1) is 0 Å². The van der Waals surface area contributed by atoms with E-state index in [0.29, 0.717) is 22.6 Å². The van der Waals surface area contributed by atoms with Gasteiger partial charge in [0.05, 0.1) is 11.2 Å². The minimum Gasteiger partial charge on any atom is -0.337 e. The zero-order valence-corrected chi connectivity index (χ0v) is 15.6. The van der Waals surface area contributed by atoms with Gasteiger partial charge in [-0.1, -0.05) is 24.6 Å². The number of carbonyl (C=O) groups excluding carboxylic acids is 1. The van der Waals surface area contributed by atoms with Crippen molar-refractivity contribution in [3.63, 3.8) is 0 Å². The maximum absolute atomic E-state index is 13.5. The van der Waals surface area contributed by atoms with Crippen molar-refractivity contribution in [3.05, 3.63) is 74.6 Å². The van der Waals surface area contributed by atoms with Crippen molar-refractivity contribution in [1.29, 1.82) is 0 Å². The molecule has 29 heavy (non-hydrogen) atoms. The topological polar surface area (TPSA) is 97.7 Å². The van der Waals surface area contributed by atoms with Gasteiger partial charge in [0.25, 0.3) is 5.56 Å². The van der Waals surface area contributed by atoms with Crippen LogP contribution in [0.25, 0.3) is 27.8 Å². The van der Waals surface area contributed by atoms with E-state index in [1.807, 2.05) is 30.3 Å². The van der Waals surface area contributed by atoms with E-state index in [-0.39, 0.29) is 34.4 Å². The number of rotatable bonds is 4. The molecule has 0 saturated heterocycles. The molecule has 1 saturated carbocycles. The Bertz CT molecular complexity index is 1370. The number of nitrogens with one attached hydrogen (secondary N) is 1. The predicted molar refractivity (Wildman–Crippen MR) is 110 cm³/mol. The summed E-state index contributed by atoms with van der Waals surface area (Å²) >= 11 is 0. The Hall–Kier alpha value is -3.61. The molecular weight excluding hydrogens is 368 g/mol. The Balaban J connectivity index is 1.87. The molecule has 0 bridgehead atoms. The standard InChI is InChI=1S/C22H18N4O3/c27-10-9-13-11-16-18(23-12-13)19(28)17-20(24-16)25-21(14-5-4-6-14)26(22(17)29)15-7-2-1-3-8-15/h1-3,7-8,10-12,14H,4-6,9H2,(H,24,28). The number of aromatic amines is 1. The third-order valence-corrected chi connectivity index (χ3v) is 5.55. The van der Waals surface area contributed by atoms with Crippen molar-refractivity contribution in [1.82, 2.24) is 19.5 Å². The highest BCUT2D eigenvalue weighted by Gasteiger charge is 2.27. The zero-order chi connectivity index (χ0) is 20.0. The van der Waals surface area contributed by atoms with E-state index in [9.17, 15) is 14.4 Å². The lowest BCUT2D eigenvalue weighted by Crippen LogP contribution is -2.31. The van der Waals surface area contributed by atoms with Crippen molar-refractivity contribution in [3.8, 4) is 5.69 Å². The zero-order valence-electron chi connectivity index (χ0n) is 15.6. The number of aromatic nitrogens is 4. The predicted octanol–water partition coefficient (Wildman–Crippen LogP) is 2.63. The van der Waals surface area contributed by atoms with Crippen LogP contribution in [0.2, 0.25) is 0 Å². The SMILES string of the molecule is O=CCc1cnc2c(=O)c3c(=O)n(-c4ccccc4)c(C4CCC4)nc3[nH]c2c1. The molecular formula is C22H18N4O3. The van der Waals surface area contributed by atoms with Gasteiger partial charge >= 0.3 is 0 Å². The smallest absolute Gasteiger partial charge is 0.271 e. The summed E-state index contributed by atoms with van der Waals surface area (Å²) in [7, 11) is 0. The number of aldehydes is 1. The van der Waals surface area contributed by atoms with Gasteiger partial charge in [0.2, 0.25) is 5.43 Å². The van der Waals surface area contributed by atoms with E-state index in [4.69, 9.17) is 4.98 Å². The van der Waals surface area contributed by atoms with Crippen LogP contribution in [-0.2, 0) is 11.2 Å². The lowest BCUT2D eigenvalue weighted by molar-refractivity contribution is -0.107. The van der Waals surface area contributed by atoms with Crippen molar-refractivity contribution in [2.45, 2.75) is 31.6 Å². The number of hydrogen-bond donors (Lipinski definition) is 1. The van der Waals surface area contributed by atoms with E-state index >= 15 is 0 Å². The van der Waals surface area contributed by atoms with Crippen LogP contribution in [0.1, 0.15) is 36.6 Å². The van der Waals surface area contributed by atoms with Gasteiger partial charge < -0.3 is 9.78 Å². The van der Waals surface area contributed by atoms with Gasteiger partial charge in [-0.05, 0) is 36.6 Å². The van der Waals surface area contributed by atoms with Crippen molar-refractivity contribution < 1.29 is 4.79 Å². The number of para-hydroxylation sites is 1.